The molecular formula is C13H21N3O2. The van der Waals surface area contributed by atoms with Gasteiger partial charge in [-0.05, 0) is 39.8 Å². The molecule has 0 bridgehead atoms. The first-order valence-electron chi connectivity index (χ1n) is 5.85. The van der Waals surface area contributed by atoms with Crippen LogP contribution in [-0.4, -0.2) is 27.1 Å². The van der Waals surface area contributed by atoms with Crippen molar-refractivity contribution in [3.63, 3.8) is 0 Å². The van der Waals surface area contributed by atoms with E-state index in [4.69, 9.17) is 5.73 Å². The summed E-state index contributed by atoms with van der Waals surface area (Å²) in [6, 6.07) is 3.42. The highest BCUT2D eigenvalue weighted by molar-refractivity contribution is 5.79. The van der Waals surface area contributed by atoms with Crippen molar-refractivity contribution in [1.82, 2.24) is 10.3 Å². The van der Waals surface area contributed by atoms with Crippen LogP contribution in [0.2, 0.25) is 0 Å². The van der Waals surface area contributed by atoms with E-state index in [1.165, 1.54) is 6.20 Å². The Morgan fingerprint density at radius 2 is 2.00 bits per heavy atom. The number of rotatable bonds is 4. The molecule has 5 heteroatoms. The fourth-order valence-electron chi connectivity index (χ4n) is 1.25. The molecule has 1 aromatic rings. The third-order valence-corrected chi connectivity index (χ3v) is 3.17. The van der Waals surface area contributed by atoms with Gasteiger partial charge in [-0.25, -0.2) is 0 Å². The average Bonchev–Trinajstić information content (AvgIpc) is 2.19. The molecule has 18 heavy (non-hydrogen) atoms. The molecule has 5 nitrogen and oxygen atoms in total. The molecule has 0 aliphatic carbocycles. The average molecular weight is 251 g/mol. The van der Waals surface area contributed by atoms with Gasteiger partial charge in [-0.2, -0.15) is 0 Å². The van der Waals surface area contributed by atoms with Crippen molar-refractivity contribution in [3.05, 3.63) is 24.0 Å². The molecule has 0 aliphatic heterocycles. The van der Waals surface area contributed by atoms with E-state index in [1.54, 1.807) is 39.8 Å². The minimum absolute atomic E-state index is 0.166. The van der Waals surface area contributed by atoms with Gasteiger partial charge in [0.15, 0.2) is 0 Å². The minimum Gasteiger partial charge on any atom is -0.397 e. The largest absolute Gasteiger partial charge is 0.397 e. The molecule has 0 unspecified atom stereocenters. The number of aliphatic hydroxyl groups is 1. The number of nitrogens with zero attached hydrogens (tertiary/aromatic N) is 1. The van der Waals surface area contributed by atoms with Crippen LogP contribution in [0.4, 0.5) is 5.69 Å². The normalized spacial score (nSPS) is 12.3. The van der Waals surface area contributed by atoms with Crippen molar-refractivity contribution in [1.29, 1.82) is 0 Å². The second-order valence-corrected chi connectivity index (χ2v) is 5.49. The number of hydrogen-bond donors (Lipinski definition) is 3. The summed E-state index contributed by atoms with van der Waals surface area (Å²) in [4.78, 5) is 15.9. The highest BCUT2D eigenvalue weighted by atomic mass is 16.3. The van der Waals surface area contributed by atoms with Gasteiger partial charge in [-0.1, -0.05) is 0 Å². The molecule has 0 radical (unpaired) electrons. The van der Waals surface area contributed by atoms with Crippen LogP contribution in [0.3, 0.4) is 0 Å². The van der Waals surface area contributed by atoms with Gasteiger partial charge in [0.25, 0.3) is 0 Å². The second kappa shape index (κ2) is 4.94. The number of nitrogens with one attached hydrogen (secondary N) is 1. The van der Waals surface area contributed by atoms with Gasteiger partial charge in [0.05, 0.1) is 29.4 Å². The van der Waals surface area contributed by atoms with Crippen molar-refractivity contribution >= 4 is 11.6 Å². The van der Waals surface area contributed by atoms with E-state index < -0.39 is 11.1 Å². The lowest BCUT2D eigenvalue weighted by Gasteiger charge is -2.38. The highest BCUT2D eigenvalue weighted by Crippen LogP contribution is 2.20. The van der Waals surface area contributed by atoms with Gasteiger partial charge < -0.3 is 16.2 Å². The maximum absolute atomic E-state index is 11.9. The number of anilines is 1. The van der Waals surface area contributed by atoms with Crippen LogP contribution in [0.15, 0.2) is 18.3 Å². The first kappa shape index (κ1) is 14.4. The molecule has 0 atom stereocenters. The number of nitrogen functional groups attached to an aromatic ring is 1. The van der Waals surface area contributed by atoms with Crippen LogP contribution in [0.25, 0.3) is 0 Å². The number of hydrogen-bond acceptors (Lipinski definition) is 4. The zero-order valence-corrected chi connectivity index (χ0v) is 11.3. The van der Waals surface area contributed by atoms with Crippen LogP contribution in [0.5, 0.6) is 0 Å². The summed E-state index contributed by atoms with van der Waals surface area (Å²) < 4.78 is 0. The molecule has 0 aromatic carbocycles. The number of pyridine rings is 1. The second-order valence-electron chi connectivity index (χ2n) is 5.49. The monoisotopic (exact) mass is 251 g/mol. The van der Waals surface area contributed by atoms with E-state index >= 15 is 0 Å². The van der Waals surface area contributed by atoms with Crippen LogP contribution >= 0.6 is 0 Å². The van der Waals surface area contributed by atoms with Gasteiger partial charge in [-0.3, -0.25) is 9.78 Å². The Hall–Kier alpha value is -1.62. The summed E-state index contributed by atoms with van der Waals surface area (Å²) >= 11 is 0. The standard InChI is InChI=1S/C13H21N3O2/c1-12(2,13(3,4)18)16-11(17)7-10-6-5-9(14)8-15-10/h5-6,8,18H,7,14H2,1-4H3,(H,16,17). The topological polar surface area (TPSA) is 88.2 Å². The van der Waals surface area contributed by atoms with Crippen LogP contribution < -0.4 is 11.1 Å². The molecule has 4 N–H and O–H groups in total. The molecule has 1 amide bonds. The van der Waals surface area contributed by atoms with E-state index in [0.717, 1.165) is 0 Å². The summed E-state index contributed by atoms with van der Waals surface area (Å²) in [5.74, 6) is -0.181. The van der Waals surface area contributed by atoms with Crippen molar-refractivity contribution in [2.24, 2.45) is 0 Å². The zero-order valence-electron chi connectivity index (χ0n) is 11.3. The molecule has 0 saturated carbocycles. The molecule has 1 rings (SSSR count). The predicted molar refractivity (Wildman–Crippen MR) is 70.9 cm³/mol. The number of carbonyl (C=O) groups is 1. The highest BCUT2D eigenvalue weighted by Gasteiger charge is 2.36. The molecule has 0 aliphatic rings. The number of carbonyl (C=O) groups excluding carboxylic acids is 1. The Morgan fingerprint density at radius 1 is 1.39 bits per heavy atom. The third kappa shape index (κ3) is 3.70. The molecule has 100 valence electrons. The minimum atomic E-state index is -1.00. The van der Waals surface area contributed by atoms with Crippen molar-refractivity contribution in [2.75, 3.05) is 5.73 Å². The Labute approximate surface area is 107 Å². The first-order valence-corrected chi connectivity index (χ1v) is 5.85. The molecule has 1 heterocycles. The molecule has 0 saturated heterocycles. The number of aromatic nitrogens is 1. The van der Waals surface area contributed by atoms with E-state index in [1.807, 2.05) is 0 Å². The lowest BCUT2D eigenvalue weighted by atomic mass is 9.86. The van der Waals surface area contributed by atoms with E-state index in [0.29, 0.717) is 11.4 Å². The predicted octanol–water partition coefficient (Wildman–Crippen LogP) is 0.872. The first-order chi connectivity index (χ1) is 8.12. The van der Waals surface area contributed by atoms with Gasteiger partial charge in [-0.15, -0.1) is 0 Å². The van der Waals surface area contributed by atoms with Crippen molar-refractivity contribution in [3.8, 4) is 0 Å². The van der Waals surface area contributed by atoms with Gasteiger partial charge >= 0.3 is 0 Å². The Balaban J connectivity index is 2.65. The summed E-state index contributed by atoms with van der Waals surface area (Å²) in [5, 5.41) is 12.7. The maximum Gasteiger partial charge on any atom is 0.226 e. The molecular weight excluding hydrogens is 230 g/mol. The smallest absolute Gasteiger partial charge is 0.226 e. The summed E-state index contributed by atoms with van der Waals surface area (Å²) in [6.45, 7) is 6.88. The molecule has 0 spiro atoms. The van der Waals surface area contributed by atoms with Crippen LogP contribution in [0, 0.1) is 0 Å². The Bertz CT molecular complexity index is 419. The van der Waals surface area contributed by atoms with Gasteiger partial charge in [0.2, 0.25) is 5.91 Å². The van der Waals surface area contributed by atoms with Crippen molar-refractivity contribution in [2.45, 2.75) is 45.3 Å². The van der Waals surface area contributed by atoms with Gasteiger partial charge in [0, 0.05) is 5.69 Å². The lowest BCUT2D eigenvalue weighted by Crippen LogP contribution is -2.58. The van der Waals surface area contributed by atoms with Gasteiger partial charge in [0.1, 0.15) is 0 Å². The van der Waals surface area contributed by atoms with Crippen LogP contribution in [-0.2, 0) is 11.2 Å². The van der Waals surface area contributed by atoms with Crippen LogP contribution in [0.1, 0.15) is 33.4 Å². The fourth-order valence-corrected chi connectivity index (χ4v) is 1.25. The quantitative estimate of drug-likeness (QED) is 0.741. The summed E-state index contributed by atoms with van der Waals surface area (Å²) in [6.07, 6.45) is 1.68. The summed E-state index contributed by atoms with van der Waals surface area (Å²) in [7, 11) is 0. The Kier molecular flexibility index (Phi) is 3.96. The maximum atomic E-state index is 11.9. The van der Waals surface area contributed by atoms with E-state index in [9.17, 15) is 9.90 Å². The fraction of sp³-hybridized carbons (Fsp3) is 0.538. The number of nitrogens with two attached hydrogens (primary N) is 1. The Morgan fingerprint density at radius 3 is 2.44 bits per heavy atom. The van der Waals surface area contributed by atoms with Crippen molar-refractivity contribution < 1.29 is 9.90 Å². The molecule has 1 aromatic heterocycles. The zero-order chi connectivity index (χ0) is 14.0. The number of amides is 1. The van der Waals surface area contributed by atoms with E-state index in [2.05, 4.69) is 10.3 Å². The SMILES string of the molecule is CC(C)(O)C(C)(C)NC(=O)Cc1ccc(N)cn1. The third-order valence-electron chi connectivity index (χ3n) is 3.17. The summed E-state index contributed by atoms with van der Waals surface area (Å²) in [5.41, 5.74) is 5.02. The molecule has 0 fully saturated rings. The van der Waals surface area contributed by atoms with E-state index in [-0.39, 0.29) is 12.3 Å². The lowest BCUT2D eigenvalue weighted by molar-refractivity contribution is -0.125.